The summed E-state index contributed by atoms with van der Waals surface area (Å²) in [6, 6.07) is 23.8. The highest BCUT2D eigenvalue weighted by molar-refractivity contribution is 5.69. The SMILES string of the molecule is CC(=O)Oc1ccc([C@@H](O)CNCCc2cccc(COCCCc3ccccc3)c2)cc1CO. The maximum Gasteiger partial charge on any atom is 0.308 e. The zero-order valence-electron chi connectivity index (χ0n) is 20.3. The fourth-order valence-corrected chi connectivity index (χ4v) is 3.86. The zero-order chi connectivity index (χ0) is 24.9. The lowest BCUT2D eigenvalue weighted by Gasteiger charge is -2.15. The highest BCUT2D eigenvalue weighted by Gasteiger charge is 2.12. The van der Waals surface area contributed by atoms with Crippen molar-refractivity contribution in [2.75, 3.05) is 19.7 Å². The van der Waals surface area contributed by atoms with E-state index in [1.807, 2.05) is 12.1 Å². The minimum Gasteiger partial charge on any atom is -0.426 e. The van der Waals surface area contributed by atoms with Crippen LogP contribution in [0, 0.1) is 0 Å². The summed E-state index contributed by atoms with van der Waals surface area (Å²) in [5, 5.41) is 23.3. The zero-order valence-corrected chi connectivity index (χ0v) is 20.3. The van der Waals surface area contributed by atoms with E-state index in [1.54, 1.807) is 18.2 Å². The quantitative estimate of drug-likeness (QED) is 0.184. The van der Waals surface area contributed by atoms with Gasteiger partial charge in [-0.2, -0.15) is 0 Å². The van der Waals surface area contributed by atoms with Crippen LogP contribution in [-0.2, 0) is 35.6 Å². The van der Waals surface area contributed by atoms with Crippen molar-refractivity contribution >= 4 is 5.97 Å². The van der Waals surface area contributed by atoms with Crippen molar-refractivity contribution in [3.8, 4) is 5.75 Å². The Balaban J connectivity index is 1.37. The third-order valence-electron chi connectivity index (χ3n) is 5.68. The second-order valence-electron chi connectivity index (χ2n) is 8.55. The van der Waals surface area contributed by atoms with E-state index in [0.29, 0.717) is 30.0 Å². The number of aliphatic hydroxyl groups excluding tert-OH is 2. The van der Waals surface area contributed by atoms with Crippen LogP contribution in [0.4, 0.5) is 0 Å². The Bertz CT molecular complexity index is 1050. The Morgan fingerprint density at radius 2 is 1.71 bits per heavy atom. The number of esters is 1. The Morgan fingerprint density at radius 3 is 2.49 bits per heavy atom. The molecular formula is C29H35NO5. The molecule has 3 N–H and O–H groups in total. The second kappa shape index (κ2) is 14.4. The van der Waals surface area contributed by atoms with Crippen molar-refractivity contribution in [2.45, 2.75) is 45.5 Å². The van der Waals surface area contributed by atoms with E-state index >= 15 is 0 Å². The van der Waals surface area contributed by atoms with Crippen LogP contribution < -0.4 is 10.1 Å². The first-order valence-corrected chi connectivity index (χ1v) is 12.1. The monoisotopic (exact) mass is 477 g/mol. The summed E-state index contributed by atoms with van der Waals surface area (Å²) >= 11 is 0. The van der Waals surface area contributed by atoms with Crippen molar-refractivity contribution in [2.24, 2.45) is 0 Å². The molecule has 0 unspecified atom stereocenters. The van der Waals surface area contributed by atoms with E-state index < -0.39 is 12.1 Å². The summed E-state index contributed by atoms with van der Waals surface area (Å²) in [5.74, 6) is -0.141. The first kappa shape index (κ1) is 26.6. The van der Waals surface area contributed by atoms with Crippen LogP contribution in [0.2, 0.25) is 0 Å². The van der Waals surface area contributed by atoms with Gasteiger partial charge in [0.2, 0.25) is 0 Å². The van der Waals surface area contributed by atoms with E-state index in [1.165, 1.54) is 18.1 Å². The van der Waals surface area contributed by atoms with E-state index in [-0.39, 0.29) is 6.61 Å². The molecule has 0 fully saturated rings. The fourth-order valence-electron chi connectivity index (χ4n) is 3.86. The Morgan fingerprint density at radius 1 is 0.943 bits per heavy atom. The number of carbonyl (C=O) groups excluding carboxylic acids is 1. The lowest BCUT2D eigenvalue weighted by atomic mass is 10.0. The van der Waals surface area contributed by atoms with E-state index in [2.05, 4.69) is 47.8 Å². The molecule has 0 aliphatic rings. The number of carbonyl (C=O) groups is 1. The van der Waals surface area contributed by atoms with Crippen molar-refractivity contribution in [1.82, 2.24) is 5.32 Å². The number of nitrogens with one attached hydrogen (secondary N) is 1. The highest BCUT2D eigenvalue weighted by atomic mass is 16.5. The molecule has 0 aliphatic heterocycles. The van der Waals surface area contributed by atoms with Crippen LogP contribution in [0.15, 0.2) is 72.8 Å². The molecule has 3 aromatic rings. The Labute approximate surface area is 207 Å². The van der Waals surface area contributed by atoms with Crippen molar-refractivity contribution in [1.29, 1.82) is 0 Å². The highest BCUT2D eigenvalue weighted by Crippen LogP contribution is 2.24. The summed E-state index contributed by atoms with van der Waals surface area (Å²) in [6.45, 7) is 3.47. The van der Waals surface area contributed by atoms with Crippen LogP contribution in [0.1, 0.15) is 47.3 Å². The van der Waals surface area contributed by atoms with Gasteiger partial charge in [0.05, 0.1) is 19.3 Å². The van der Waals surface area contributed by atoms with Crippen LogP contribution in [0.5, 0.6) is 5.75 Å². The summed E-state index contributed by atoms with van der Waals surface area (Å²) < 4.78 is 10.9. The average molecular weight is 478 g/mol. The van der Waals surface area contributed by atoms with Crippen LogP contribution >= 0.6 is 0 Å². The molecule has 6 heteroatoms. The average Bonchev–Trinajstić information content (AvgIpc) is 2.87. The van der Waals surface area contributed by atoms with Gasteiger partial charge in [0.25, 0.3) is 0 Å². The van der Waals surface area contributed by atoms with Crippen LogP contribution in [-0.4, -0.2) is 35.9 Å². The molecule has 0 heterocycles. The van der Waals surface area contributed by atoms with Gasteiger partial charge in [-0.15, -0.1) is 0 Å². The summed E-state index contributed by atoms with van der Waals surface area (Å²) in [6.07, 6.45) is 2.13. The van der Waals surface area contributed by atoms with Gasteiger partial charge < -0.3 is 25.0 Å². The molecule has 6 nitrogen and oxygen atoms in total. The lowest BCUT2D eigenvalue weighted by molar-refractivity contribution is -0.131. The van der Waals surface area contributed by atoms with Crippen molar-refractivity contribution < 1.29 is 24.5 Å². The molecule has 0 aliphatic carbocycles. The number of ether oxygens (including phenoxy) is 2. The van der Waals surface area contributed by atoms with Crippen LogP contribution in [0.3, 0.4) is 0 Å². The largest absolute Gasteiger partial charge is 0.426 e. The van der Waals surface area contributed by atoms with Gasteiger partial charge in [-0.3, -0.25) is 4.79 Å². The molecule has 186 valence electrons. The Hall–Kier alpha value is -3.03. The molecule has 0 saturated carbocycles. The van der Waals surface area contributed by atoms with Crippen LogP contribution in [0.25, 0.3) is 0 Å². The lowest BCUT2D eigenvalue weighted by Crippen LogP contribution is -2.24. The van der Waals surface area contributed by atoms with Gasteiger partial charge in [0.1, 0.15) is 5.75 Å². The maximum atomic E-state index is 11.2. The molecule has 35 heavy (non-hydrogen) atoms. The van der Waals surface area contributed by atoms with Gasteiger partial charge >= 0.3 is 5.97 Å². The number of aryl methyl sites for hydroxylation is 1. The fraction of sp³-hybridized carbons (Fsp3) is 0.345. The number of benzene rings is 3. The molecule has 0 saturated heterocycles. The molecule has 3 aromatic carbocycles. The topological polar surface area (TPSA) is 88.0 Å². The number of aliphatic hydroxyl groups is 2. The normalized spacial score (nSPS) is 11.9. The molecule has 3 rings (SSSR count). The smallest absolute Gasteiger partial charge is 0.308 e. The summed E-state index contributed by atoms with van der Waals surface area (Å²) in [7, 11) is 0. The van der Waals surface area contributed by atoms with Gasteiger partial charge in [0, 0.05) is 25.6 Å². The molecule has 0 amide bonds. The third-order valence-corrected chi connectivity index (χ3v) is 5.68. The van der Waals surface area contributed by atoms with Gasteiger partial charge in [-0.05, 0) is 60.2 Å². The molecule has 1 atom stereocenters. The second-order valence-corrected chi connectivity index (χ2v) is 8.55. The predicted octanol–water partition coefficient (Wildman–Crippen LogP) is 4.12. The number of rotatable bonds is 14. The van der Waals surface area contributed by atoms with E-state index in [9.17, 15) is 15.0 Å². The van der Waals surface area contributed by atoms with Gasteiger partial charge in [-0.1, -0.05) is 60.7 Å². The molecule has 0 bridgehead atoms. The number of hydrogen-bond donors (Lipinski definition) is 3. The van der Waals surface area contributed by atoms with Gasteiger partial charge in [-0.25, -0.2) is 0 Å². The molecule has 0 spiro atoms. The van der Waals surface area contributed by atoms with Gasteiger partial charge in [0.15, 0.2) is 0 Å². The first-order valence-electron chi connectivity index (χ1n) is 12.1. The summed E-state index contributed by atoms with van der Waals surface area (Å²) in [5.41, 5.74) is 4.83. The van der Waals surface area contributed by atoms with Crippen molar-refractivity contribution in [3.63, 3.8) is 0 Å². The predicted molar refractivity (Wildman–Crippen MR) is 136 cm³/mol. The number of hydrogen-bond acceptors (Lipinski definition) is 6. The molecular weight excluding hydrogens is 442 g/mol. The molecule has 0 aromatic heterocycles. The minimum atomic E-state index is -0.734. The third kappa shape index (κ3) is 9.26. The first-order chi connectivity index (χ1) is 17.0. The van der Waals surface area contributed by atoms with E-state index in [4.69, 9.17) is 9.47 Å². The summed E-state index contributed by atoms with van der Waals surface area (Å²) in [4.78, 5) is 11.2. The maximum absolute atomic E-state index is 11.2. The minimum absolute atomic E-state index is 0.274. The van der Waals surface area contributed by atoms with E-state index in [0.717, 1.165) is 38.0 Å². The Kier molecular flexibility index (Phi) is 10.9. The standard InChI is InChI=1S/C29H35NO5/c1-22(32)35-29-13-12-26(18-27(29)20-31)28(33)19-30-15-14-24-9-5-10-25(17-24)21-34-16-6-11-23-7-3-2-4-8-23/h2-5,7-10,12-13,17-18,28,30-31,33H,6,11,14-16,19-21H2,1H3/t28-/m0/s1. The van der Waals surface area contributed by atoms with Crippen molar-refractivity contribution in [3.05, 3.63) is 101 Å². The molecule has 0 radical (unpaired) electrons.